The lowest BCUT2D eigenvalue weighted by Crippen LogP contribution is -2.02. The number of aryl methyl sites for hydroxylation is 1. The van der Waals surface area contributed by atoms with Crippen molar-refractivity contribution in [3.63, 3.8) is 0 Å². The van der Waals surface area contributed by atoms with E-state index < -0.39 is 16.9 Å². The van der Waals surface area contributed by atoms with Gasteiger partial charge in [0.2, 0.25) is 0 Å². The molecule has 0 bridgehead atoms. The van der Waals surface area contributed by atoms with Gasteiger partial charge >= 0.3 is 0 Å². The summed E-state index contributed by atoms with van der Waals surface area (Å²) in [7, 11) is 0. The fraction of sp³-hybridized carbons (Fsp3) is 0.0400. The van der Waals surface area contributed by atoms with Gasteiger partial charge in [-0.3, -0.25) is 9.59 Å². The molecule has 0 spiro atoms. The van der Waals surface area contributed by atoms with Crippen LogP contribution < -0.4 is 5.43 Å². The zero-order valence-corrected chi connectivity index (χ0v) is 15.7. The van der Waals surface area contributed by atoms with E-state index in [1.54, 1.807) is 19.1 Å². The van der Waals surface area contributed by atoms with Crippen molar-refractivity contribution in [2.45, 2.75) is 6.92 Å². The van der Waals surface area contributed by atoms with E-state index in [1.807, 2.05) is 30.3 Å². The molecule has 0 saturated heterocycles. The molecule has 4 aromatic carbocycles. The van der Waals surface area contributed by atoms with Gasteiger partial charge in [-0.15, -0.1) is 0 Å². The molecule has 4 nitrogen and oxygen atoms in total. The third-order valence-electron chi connectivity index (χ3n) is 5.00. The first kappa shape index (κ1) is 18.4. The fourth-order valence-electron chi connectivity index (χ4n) is 3.38. The van der Waals surface area contributed by atoms with Crippen molar-refractivity contribution in [3.05, 3.63) is 106 Å². The Morgan fingerprint density at radius 3 is 2.07 bits per heavy atom. The van der Waals surface area contributed by atoms with Gasteiger partial charge in [0.1, 0.15) is 0 Å². The number of ketones is 1. The van der Waals surface area contributed by atoms with Crippen LogP contribution in [0.15, 0.2) is 83.7 Å². The minimum Gasteiger partial charge on any atom is -0.504 e. The lowest BCUT2D eigenvalue weighted by molar-refractivity contribution is 0.103. The van der Waals surface area contributed by atoms with Crippen LogP contribution in [-0.4, -0.2) is 16.0 Å². The first-order chi connectivity index (χ1) is 13.9. The number of aromatic hydroxyl groups is 2. The molecule has 142 valence electrons. The number of fused-ring (bicyclic) bond motifs is 1. The smallest absolute Gasteiger partial charge is 0.261 e. The van der Waals surface area contributed by atoms with E-state index >= 15 is 0 Å². The van der Waals surface area contributed by atoms with E-state index in [0.29, 0.717) is 11.1 Å². The second-order valence-corrected chi connectivity index (χ2v) is 6.95. The minimum absolute atomic E-state index is 0.165. The van der Waals surface area contributed by atoms with Gasteiger partial charge in [-0.25, -0.2) is 0 Å². The summed E-state index contributed by atoms with van der Waals surface area (Å²) in [6.45, 7) is 1.61. The largest absolute Gasteiger partial charge is 0.504 e. The Balaban J connectivity index is 1.71. The van der Waals surface area contributed by atoms with E-state index in [2.05, 4.69) is 24.3 Å². The first-order valence-electron chi connectivity index (χ1n) is 9.15. The van der Waals surface area contributed by atoms with E-state index in [0.717, 1.165) is 28.0 Å². The van der Waals surface area contributed by atoms with Crippen LogP contribution in [0.4, 0.5) is 0 Å². The summed E-state index contributed by atoms with van der Waals surface area (Å²) < 4.78 is 0. The number of rotatable bonds is 3. The monoisotopic (exact) mass is 382 g/mol. The number of hydrogen-bond acceptors (Lipinski definition) is 4. The maximum atomic E-state index is 12.9. The number of hydrogen-bond donors (Lipinski definition) is 2. The molecule has 0 saturated carbocycles. The molecule has 0 unspecified atom stereocenters. The van der Waals surface area contributed by atoms with Crippen molar-refractivity contribution >= 4 is 16.6 Å². The van der Waals surface area contributed by atoms with Crippen LogP contribution in [0.1, 0.15) is 21.5 Å². The predicted octanol–water partition coefficient (Wildman–Crippen LogP) is 4.82. The third kappa shape index (κ3) is 3.48. The Morgan fingerprint density at radius 2 is 1.34 bits per heavy atom. The molecule has 0 aliphatic rings. The van der Waals surface area contributed by atoms with Crippen LogP contribution in [0.5, 0.6) is 11.5 Å². The molecule has 4 heteroatoms. The zero-order chi connectivity index (χ0) is 20.5. The number of carbonyl (C=O) groups excluding carboxylic acids is 1. The lowest BCUT2D eigenvalue weighted by Gasteiger charge is -2.07. The van der Waals surface area contributed by atoms with Crippen molar-refractivity contribution in [3.8, 4) is 22.6 Å². The molecular weight excluding hydrogens is 364 g/mol. The van der Waals surface area contributed by atoms with Gasteiger partial charge < -0.3 is 10.2 Å². The second-order valence-electron chi connectivity index (χ2n) is 6.95. The summed E-state index contributed by atoms with van der Waals surface area (Å²) in [4.78, 5) is 24.6. The second kappa shape index (κ2) is 7.24. The Labute approximate surface area is 167 Å². The quantitative estimate of drug-likeness (QED) is 0.498. The lowest BCUT2D eigenvalue weighted by atomic mass is 9.97. The predicted molar refractivity (Wildman–Crippen MR) is 114 cm³/mol. The molecule has 0 aliphatic carbocycles. The Hall–Kier alpha value is -3.92. The molecular formula is C25H18O4. The van der Waals surface area contributed by atoms with Crippen molar-refractivity contribution in [1.82, 2.24) is 0 Å². The van der Waals surface area contributed by atoms with Gasteiger partial charge in [0.25, 0.3) is 5.43 Å². The molecule has 0 amide bonds. The van der Waals surface area contributed by atoms with E-state index in [-0.39, 0.29) is 11.3 Å². The Morgan fingerprint density at radius 1 is 0.724 bits per heavy atom. The van der Waals surface area contributed by atoms with Crippen molar-refractivity contribution in [2.75, 3.05) is 0 Å². The maximum absolute atomic E-state index is 12.9. The molecule has 4 aromatic rings. The van der Waals surface area contributed by atoms with Crippen LogP contribution in [0.25, 0.3) is 21.9 Å². The minimum atomic E-state index is -0.904. The molecule has 0 atom stereocenters. The normalized spacial score (nSPS) is 10.8. The molecule has 0 heterocycles. The highest BCUT2D eigenvalue weighted by Crippen LogP contribution is 2.26. The number of benzene rings is 3. The highest BCUT2D eigenvalue weighted by Gasteiger charge is 2.15. The average molecular weight is 382 g/mol. The van der Waals surface area contributed by atoms with Crippen LogP contribution in [-0.2, 0) is 0 Å². The molecule has 4 rings (SSSR count). The molecule has 29 heavy (non-hydrogen) atoms. The van der Waals surface area contributed by atoms with Gasteiger partial charge in [-0.05, 0) is 52.6 Å². The summed E-state index contributed by atoms with van der Waals surface area (Å²) in [5.41, 5.74) is 2.12. The van der Waals surface area contributed by atoms with E-state index in [9.17, 15) is 19.8 Å². The van der Waals surface area contributed by atoms with Gasteiger partial charge in [0.15, 0.2) is 17.3 Å². The van der Waals surface area contributed by atoms with Gasteiger partial charge in [-0.2, -0.15) is 0 Å². The molecule has 0 fully saturated rings. The molecule has 0 radical (unpaired) electrons. The topological polar surface area (TPSA) is 74.6 Å². The maximum Gasteiger partial charge on any atom is 0.261 e. The molecule has 0 aromatic heterocycles. The summed E-state index contributed by atoms with van der Waals surface area (Å²) in [6.07, 6.45) is 0. The highest BCUT2D eigenvalue weighted by atomic mass is 16.3. The molecule has 0 aliphatic heterocycles. The van der Waals surface area contributed by atoms with Crippen LogP contribution in [0.2, 0.25) is 0 Å². The number of carbonyl (C=O) groups is 1. The van der Waals surface area contributed by atoms with Gasteiger partial charge in [-0.1, -0.05) is 60.7 Å². The van der Waals surface area contributed by atoms with E-state index in [1.165, 1.54) is 6.07 Å². The molecule has 2 N–H and O–H groups in total. The first-order valence-corrected chi connectivity index (χ1v) is 9.15. The van der Waals surface area contributed by atoms with E-state index in [4.69, 9.17) is 0 Å². The summed E-state index contributed by atoms with van der Waals surface area (Å²) in [5.74, 6) is -1.59. The highest BCUT2D eigenvalue weighted by molar-refractivity contribution is 6.10. The average Bonchev–Trinajstić information content (AvgIpc) is 2.84. The van der Waals surface area contributed by atoms with Crippen molar-refractivity contribution in [2.24, 2.45) is 0 Å². The van der Waals surface area contributed by atoms with Gasteiger partial charge in [0.05, 0.1) is 0 Å². The van der Waals surface area contributed by atoms with Crippen LogP contribution in [0.3, 0.4) is 0 Å². The van der Waals surface area contributed by atoms with Crippen molar-refractivity contribution < 1.29 is 15.0 Å². The van der Waals surface area contributed by atoms with Crippen LogP contribution in [0, 0.1) is 6.92 Å². The third-order valence-corrected chi connectivity index (χ3v) is 5.00. The summed E-state index contributed by atoms with van der Waals surface area (Å²) in [6, 6.07) is 23.8. The summed E-state index contributed by atoms with van der Waals surface area (Å²) in [5, 5.41) is 21.8. The van der Waals surface area contributed by atoms with Gasteiger partial charge in [0, 0.05) is 11.1 Å². The van der Waals surface area contributed by atoms with Crippen molar-refractivity contribution in [1.29, 1.82) is 0 Å². The SMILES string of the molecule is Cc1cc(O)c(=O)c(O)cc1C(=O)c1ccc(-c2ccc3ccccc3c2)cc1. The standard InChI is InChI=1S/C25H18O4/c1-15-12-22(26)25(29)23(27)14-21(15)24(28)18-9-6-17(7-10-18)20-11-8-16-4-2-3-5-19(16)13-20/h2-14H,1H3,(H2,26,27,29). The zero-order valence-electron chi connectivity index (χ0n) is 15.7. The Bertz CT molecular complexity index is 1310. The fourth-order valence-corrected chi connectivity index (χ4v) is 3.38. The Kier molecular flexibility index (Phi) is 4.61. The van der Waals surface area contributed by atoms with Crippen LogP contribution >= 0.6 is 0 Å². The summed E-state index contributed by atoms with van der Waals surface area (Å²) >= 11 is 0.